The van der Waals surface area contributed by atoms with Gasteiger partial charge < -0.3 is 15.6 Å². The molecule has 0 spiro atoms. The summed E-state index contributed by atoms with van der Waals surface area (Å²) in [5, 5.41) is 9.13. The molecule has 0 atom stereocenters. The Morgan fingerprint density at radius 3 is 2.57 bits per heavy atom. The number of rotatable bonds is 2. The van der Waals surface area contributed by atoms with Crippen molar-refractivity contribution < 1.29 is 19.0 Å². The number of nitrogen functional groups attached to an aromatic ring is 1. The molecule has 1 aromatic heterocycles. The Kier molecular flexibility index (Phi) is 4.03. The molecule has 0 fully saturated rings. The number of ether oxygens (including phenoxy) is 1. The normalized spacial score (nSPS) is 10.7. The first-order valence-corrected chi connectivity index (χ1v) is 7.59. The van der Waals surface area contributed by atoms with Crippen molar-refractivity contribution in [3.05, 3.63) is 51.9 Å². The van der Waals surface area contributed by atoms with Crippen LogP contribution in [0.2, 0.25) is 0 Å². The van der Waals surface area contributed by atoms with Gasteiger partial charge in [-0.25, -0.2) is 14.2 Å². The van der Waals surface area contributed by atoms with Crippen LogP contribution in [0.5, 0.6) is 5.75 Å². The van der Waals surface area contributed by atoms with E-state index in [1.165, 1.54) is 12.1 Å². The molecule has 0 saturated carbocycles. The van der Waals surface area contributed by atoms with Gasteiger partial charge in [-0.15, -0.1) is 0 Å². The van der Waals surface area contributed by atoms with E-state index in [0.717, 1.165) is 9.64 Å². The smallest absolute Gasteiger partial charge is 0.449 e. The summed E-state index contributed by atoms with van der Waals surface area (Å²) >= 11 is 2.17. The SMILES string of the molecule is Nc1c(-c2ccc(I)cc2)nc2ccc(F)cc2c1OC(=O)O. The maximum absolute atomic E-state index is 13.5. The largest absolute Gasteiger partial charge is 0.511 e. The number of anilines is 1. The third kappa shape index (κ3) is 3.04. The second-order valence-corrected chi connectivity index (χ2v) is 5.99. The van der Waals surface area contributed by atoms with Crippen molar-refractivity contribution in [1.82, 2.24) is 4.98 Å². The van der Waals surface area contributed by atoms with E-state index in [-0.39, 0.29) is 16.8 Å². The average Bonchev–Trinajstić information content (AvgIpc) is 2.51. The number of aromatic nitrogens is 1. The molecule has 0 radical (unpaired) electrons. The number of carboxylic acid groups (broad SMARTS) is 1. The molecular formula is C16H10FIN2O3. The van der Waals surface area contributed by atoms with Gasteiger partial charge in [-0.3, -0.25) is 0 Å². The van der Waals surface area contributed by atoms with Crippen LogP contribution in [0.15, 0.2) is 42.5 Å². The van der Waals surface area contributed by atoms with Crippen molar-refractivity contribution in [2.24, 2.45) is 0 Å². The van der Waals surface area contributed by atoms with Crippen molar-refractivity contribution in [1.29, 1.82) is 0 Å². The summed E-state index contributed by atoms with van der Waals surface area (Å²) in [6, 6.07) is 11.2. The summed E-state index contributed by atoms with van der Waals surface area (Å²) in [5.74, 6) is -0.647. The van der Waals surface area contributed by atoms with E-state index >= 15 is 0 Å². The van der Waals surface area contributed by atoms with Gasteiger partial charge in [0.1, 0.15) is 11.5 Å². The molecule has 0 amide bonds. The van der Waals surface area contributed by atoms with Gasteiger partial charge in [0.2, 0.25) is 0 Å². The molecular weight excluding hydrogens is 414 g/mol. The zero-order valence-electron chi connectivity index (χ0n) is 11.6. The predicted octanol–water partition coefficient (Wildman–Crippen LogP) is 4.28. The monoisotopic (exact) mass is 424 g/mol. The number of benzene rings is 2. The highest BCUT2D eigenvalue weighted by atomic mass is 127. The fourth-order valence-corrected chi connectivity index (χ4v) is 2.61. The third-order valence-corrected chi connectivity index (χ3v) is 3.96. The van der Waals surface area contributed by atoms with E-state index in [2.05, 4.69) is 27.6 Å². The van der Waals surface area contributed by atoms with Gasteiger partial charge in [0.15, 0.2) is 5.75 Å². The maximum atomic E-state index is 13.5. The van der Waals surface area contributed by atoms with Gasteiger partial charge in [0.25, 0.3) is 0 Å². The van der Waals surface area contributed by atoms with E-state index in [0.29, 0.717) is 16.8 Å². The fraction of sp³-hybridized carbons (Fsp3) is 0. The molecule has 116 valence electrons. The molecule has 0 aliphatic rings. The first kappa shape index (κ1) is 15.5. The van der Waals surface area contributed by atoms with Crippen LogP contribution in [0.4, 0.5) is 14.9 Å². The van der Waals surface area contributed by atoms with Gasteiger partial charge >= 0.3 is 6.16 Å². The first-order valence-electron chi connectivity index (χ1n) is 6.51. The summed E-state index contributed by atoms with van der Waals surface area (Å²) < 4.78 is 19.3. The number of nitrogens with zero attached hydrogens (tertiary/aromatic N) is 1. The van der Waals surface area contributed by atoms with Gasteiger partial charge in [-0.05, 0) is 52.9 Å². The highest BCUT2D eigenvalue weighted by Gasteiger charge is 2.18. The van der Waals surface area contributed by atoms with Crippen LogP contribution in [0, 0.1) is 9.39 Å². The second kappa shape index (κ2) is 5.99. The van der Waals surface area contributed by atoms with Crippen LogP contribution in [0.1, 0.15) is 0 Å². The molecule has 7 heteroatoms. The van der Waals surface area contributed by atoms with E-state index in [4.69, 9.17) is 15.6 Å². The van der Waals surface area contributed by atoms with Crippen molar-refractivity contribution in [3.63, 3.8) is 0 Å². The Hall–Kier alpha value is -2.42. The van der Waals surface area contributed by atoms with Crippen LogP contribution in [-0.2, 0) is 0 Å². The maximum Gasteiger partial charge on any atom is 0.511 e. The number of hydrogen-bond donors (Lipinski definition) is 2. The number of carbonyl (C=O) groups is 1. The summed E-state index contributed by atoms with van der Waals surface area (Å²) in [7, 11) is 0. The highest BCUT2D eigenvalue weighted by Crippen LogP contribution is 2.38. The molecule has 0 aliphatic heterocycles. The zero-order valence-corrected chi connectivity index (χ0v) is 13.7. The van der Waals surface area contributed by atoms with E-state index in [9.17, 15) is 9.18 Å². The molecule has 3 N–H and O–H groups in total. The van der Waals surface area contributed by atoms with E-state index < -0.39 is 12.0 Å². The Balaban J connectivity index is 2.31. The molecule has 5 nitrogen and oxygen atoms in total. The molecule has 3 aromatic rings. The number of hydrogen-bond acceptors (Lipinski definition) is 4. The second-order valence-electron chi connectivity index (χ2n) is 4.74. The summed E-state index contributed by atoms with van der Waals surface area (Å²) in [5.41, 5.74) is 7.58. The minimum absolute atomic E-state index is 0.0479. The standard InChI is InChI=1S/C16H10FIN2O3/c17-9-3-6-12-11(7-9)15(23-16(21)22)13(19)14(20-12)8-1-4-10(18)5-2-8/h1-7H,19H2,(H,21,22). The fourth-order valence-electron chi connectivity index (χ4n) is 2.25. The lowest BCUT2D eigenvalue weighted by molar-refractivity contribution is 0.145. The van der Waals surface area contributed by atoms with Gasteiger partial charge in [0.05, 0.1) is 11.2 Å². The van der Waals surface area contributed by atoms with Crippen LogP contribution >= 0.6 is 22.6 Å². The van der Waals surface area contributed by atoms with Crippen molar-refractivity contribution in [2.45, 2.75) is 0 Å². The van der Waals surface area contributed by atoms with E-state index in [1.54, 1.807) is 0 Å². The van der Waals surface area contributed by atoms with Gasteiger partial charge in [0, 0.05) is 14.5 Å². The summed E-state index contributed by atoms with van der Waals surface area (Å²) in [4.78, 5) is 15.4. The van der Waals surface area contributed by atoms with Gasteiger partial charge in [-0.2, -0.15) is 0 Å². The number of nitrogens with two attached hydrogens (primary N) is 1. The van der Waals surface area contributed by atoms with Crippen molar-refractivity contribution in [2.75, 3.05) is 5.73 Å². The third-order valence-electron chi connectivity index (χ3n) is 3.24. The Morgan fingerprint density at radius 1 is 1.22 bits per heavy atom. The molecule has 1 heterocycles. The van der Waals surface area contributed by atoms with Crippen LogP contribution in [0.3, 0.4) is 0 Å². The summed E-state index contributed by atoms with van der Waals surface area (Å²) in [6.45, 7) is 0. The van der Waals surface area contributed by atoms with Crippen molar-refractivity contribution >= 4 is 45.3 Å². The highest BCUT2D eigenvalue weighted by molar-refractivity contribution is 14.1. The number of halogens is 2. The number of fused-ring (bicyclic) bond motifs is 1. The molecule has 0 bridgehead atoms. The van der Waals surface area contributed by atoms with Crippen molar-refractivity contribution in [3.8, 4) is 17.0 Å². The van der Waals surface area contributed by atoms with Crippen LogP contribution in [-0.4, -0.2) is 16.2 Å². The van der Waals surface area contributed by atoms with E-state index in [1.807, 2.05) is 24.3 Å². The van der Waals surface area contributed by atoms with Crippen LogP contribution in [0.25, 0.3) is 22.2 Å². The Morgan fingerprint density at radius 2 is 1.91 bits per heavy atom. The lowest BCUT2D eigenvalue weighted by atomic mass is 10.1. The molecule has 23 heavy (non-hydrogen) atoms. The van der Waals surface area contributed by atoms with Gasteiger partial charge in [-0.1, -0.05) is 12.1 Å². The predicted molar refractivity (Wildman–Crippen MR) is 92.9 cm³/mol. The number of pyridine rings is 1. The molecule has 0 aliphatic carbocycles. The quantitative estimate of drug-likeness (QED) is 0.474. The Bertz CT molecular complexity index is 913. The topological polar surface area (TPSA) is 85.4 Å². The Labute approximate surface area is 144 Å². The summed E-state index contributed by atoms with van der Waals surface area (Å²) in [6.07, 6.45) is -1.53. The molecule has 3 rings (SSSR count). The molecule has 2 aromatic carbocycles. The lowest BCUT2D eigenvalue weighted by Gasteiger charge is -2.13. The lowest BCUT2D eigenvalue weighted by Crippen LogP contribution is -2.08. The minimum Gasteiger partial charge on any atom is -0.449 e. The zero-order chi connectivity index (χ0) is 16.6. The molecule has 0 saturated heterocycles. The van der Waals surface area contributed by atoms with Crippen LogP contribution < -0.4 is 10.5 Å². The molecule has 0 unspecified atom stereocenters. The minimum atomic E-state index is -1.53. The first-order chi connectivity index (χ1) is 11.0. The average molecular weight is 424 g/mol.